The Morgan fingerprint density at radius 3 is 1.82 bits per heavy atom. The van der Waals surface area contributed by atoms with E-state index in [1.165, 1.54) is 0 Å². The predicted molar refractivity (Wildman–Crippen MR) is 42.7 cm³/mol. The highest BCUT2D eigenvalue weighted by Gasteiger charge is 2.28. The van der Waals surface area contributed by atoms with Crippen molar-refractivity contribution in [2.24, 2.45) is 11.1 Å². The Labute approximate surface area is 67.0 Å². The number of halogens is 2. The van der Waals surface area contributed by atoms with Crippen molar-refractivity contribution in [1.29, 1.82) is 0 Å². The standard InChI is InChI=1S/C8H17F2N/c1-7(2,3)4-5-8(9,10)6-11/h4-6,11H2,1-3H3. The molecule has 0 heterocycles. The van der Waals surface area contributed by atoms with Gasteiger partial charge >= 0.3 is 0 Å². The Kier molecular flexibility index (Phi) is 3.42. The predicted octanol–water partition coefficient (Wildman–Crippen LogP) is 2.41. The summed E-state index contributed by atoms with van der Waals surface area (Å²) < 4.78 is 25.1. The quantitative estimate of drug-likeness (QED) is 0.682. The van der Waals surface area contributed by atoms with Crippen molar-refractivity contribution in [2.45, 2.75) is 39.5 Å². The molecule has 0 amide bonds. The summed E-state index contributed by atoms with van der Waals surface area (Å²) >= 11 is 0. The molecule has 11 heavy (non-hydrogen) atoms. The lowest BCUT2D eigenvalue weighted by Crippen LogP contribution is -2.29. The van der Waals surface area contributed by atoms with Gasteiger partial charge in [-0.25, -0.2) is 8.78 Å². The highest BCUT2D eigenvalue weighted by Crippen LogP contribution is 2.27. The van der Waals surface area contributed by atoms with Crippen molar-refractivity contribution < 1.29 is 8.78 Å². The maximum atomic E-state index is 12.6. The molecule has 0 saturated heterocycles. The first-order valence-corrected chi connectivity index (χ1v) is 3.85. The minimum atomic E-state index is -2.67. The molecule has 0 radical (unpaired) electrons. The van der Waals surface area contributed by atoms with Crippen LogP contribution in [0.25, 0.3) is 0 Å². The van der Waals surface area contributed by atoms with Gasteiger partial charge in [-0.05, 0) is 11.8 Å². The van der Waals surface area contributed by atoms with Crippen molar-refractivity contribution in [3.05, 3.63) is 0 Å². The summed E-state index contributed by atoms with van der Waals surface area (Å²) in [4.78, 5) is 0. The topological polar surface area (TPSA) is 26.0 Å². The van der Waals surface area contributed by atoms with Gasteiger partial charge in [0.05, 0.1) is 6.54 Å². The fraction of sp³-hybridized carbons (Fsp3) is 1.00. The monoisotopic (exact) mass is 165 g/mol. The van der Waals surface area contributed by atoms with Crippen LogP contribution >= 0.6 is 0 Å². The molecule has 0 unspecified atom stereocenters. The van der Waals surface area contributed by atoms with Crippen LogP contribution < -0.4 is 5.73 Å². The molecule has 0 saturated carbocycles. The summed E-state index contributed by atoms with van der Waals surface area (Å²) in [7, 11) is 0. The lowest BCUT2D eigenvalue weighted by molar-refractivity contribution is -0.00767. The fourth-order valence-corrected chi connectivity index (χ4v) is 0.660. The van der Waals surface area contributed by atoms with Crippen molar-refractivity contribution in [1.82, 2.24) is 0 Å². The SMILES string of the molecule is CC(C)(C)CCC(F)(F)CN. The van der Waals surface area contributed by atoms with Gasteiger partial charge in [-0.15, -0.1) is 0 Å². The molecule has 0 aliphatic carbocycles. The van der Waals surface area contributed by atoms with E-state index in [2.05, 4.69) is 0 Å². The first kappa shape index (κ1) is 10.8. The van der Waals surface area contributed by atoms with E-state index in [0.29, 0.717) is 6.42 Å². The Bertz CT molecular complexity index is 116. The number of rotatable bonds is 3. The second kappa shape index (κ2) is 3.48. The van der Waals surface area contributed by atoms with Crippen LogP contribution in [0.15, 0.2) is 0 Å². The zero-order valence-corrected chi connectivity index (χ0v) is 7.45. The van der Waals surface area contributed by atoms with Gasteiger partial charge in [0, 0.05) is 6.42 Å². The minimum absolute atomic E-state index is 0.0292. The number of hydrogen-bond acceptors (Lipinski definition) is 1. The lowest BCUT2D eigenvalue weighted by atomic mass is 9.89. The van der Waals surface area contributed by atoms with E-state index in [1.54, 1.807) is 0 Å². The zero-order chi connectivity index (χ0) is 9.12. The Morgan fingerprint density at radius 2 is 1.55 bits per heavy atom. The first-order valence-electron chi connectivity index (χ1n) is 3.85. The molecule has 0 atom stereocenters. The molecule has 0 spiro atoms. The third kappa shape index (κ3) is 6.23. The average Bonchev–Trinajstić information content (AvgIpc) is 1.83. The molecule has 0 fully saturated rings. The molecule has 0 aromatic heterocycles. The lowest BCUT2D eigenvalue weighted by Gasteiger charge is -2.21. The highest BCUT2D eigenvalue weighted by atomic mass is 19.3. The number of nitrogens with two attached hydrogens (primary N) is 1. The maximum Gasteiger partial charge on any atom is 0.260 e. The third-order valence-electron chi connectivity index (χ3n) is 1.54. The molecule has 2 N–H and O–H groups in total. The van der Waals surface area contributed by atoms with Crippen LogP contribution in [0.5, 0.6) is 0 Å². The van der Waals surface area contributed by atoms with E-state index in [4.69, 9.17) is 5.73 Å². The van der Waals surface area contributed by atoms with E-state index < -0.39 is 12.5 Å². The van der Waals surface area contributed by atoms with E-state index in [9.17, 15) is 8.78 Å². The molecule has 68 valence electrons. The van der Waals surface area contributed by atoms with Gasteiger partial charge in [-0.1, -0.05) is 20.8 Å². The molecule has 0 aliphatic heterocycles. The van der Waals surface area contributed by atoms with Crippen molar-refractivity contribution >= 4 is 0 Å². The summed E-state index contributed by atoms with van der Waals surface area (Å²) in [6.45, 7) is 5.29. The van der Waals surface area contributed by atoms with Gasteiger partial charge < -0.3 is 5.73 Å². The second-order valence-electron chi connectivity index (χ2n) is 4.12. The van der Waals surface area contributed by atoms with Gasteiger partial charge in [0.25, 0.3) is 5.92 Å². The van der Waals surface area contributed by atoms with Crippen LogP contribution in [0.3, 0.4) is 0 Å². The molecule has 1 nitrogen and oxygen atoms in total. The van der Waals surface area contributed by atoms with Crippen LogP contribution in [-0.2, 0) is 0 Å². The molecule has 3 heteroatoms. The van der Waals surface area contributed by atoms with Crippen molar-refractivity contribution in [3.8, 4) is 0 Å². The molecule has 0 aromatic rings. The molecule has 0 aliphatic rings. The molecule has 0 rings (SSSR count). The van der Waals surface area contributed by atoms with E-state index >= 15 is 0 Å². The number of hydrogen-bond donors (Lipinski definition) is 1. The van der Waals surface area contributed by atoms with E-state index in [-0.39, 0.29) is 11.8 Å². The largest absolute Gasteiger partial charge is 0.325 e. The average molecular weight is 165 g/mol. The normalized spacial score (nSPS) is 13.6. The van der Waals surface area contributed by atoms with Gasteiger partial charge in [0.15, 0.2) is 0 Å². The van der Waals surface area contributed by atoms with E-state index in [0.717, 1.165) is 0 Å². The summed E-state index contributed by atoms with van der Waals surface area (Å²) in [5, 5.41) is 0. The van der Waals surface area contributed by atoms with Crippen molar-refractivity contribution in [2.75, 3.05) is 6.54 Å². The minimum Gasteiger partial charge on any atom is -0.325 e. The molecular weight excluding hydrogens is 148 g/mol. The maximum absolute atomic E-state index is 12.6. The summed E-state index contributed by atoms with van der Waals surface area (Å²) in [6, 6.07) is 0. The Morgan fingerprint density at radius 1 is 1.09 bits per heavy atom. The Balaban J connectivity index is 3.70. The Hall–Kier alpha value is -0.180. The van der Waals surface area contributed by atoms with Crippen LogP contribution in [-0.4, -0.2) is 12.5 Å². The van der Waals surface area contributed by atoms with Gasteiger partial charge in [0.1, 0.15) is 0 Å². The molecule has 0 bridgehead atoms. The van der Waals surface area contributed by atoms with Gasteiger partial charge in [0.2, 0.25) is 0 Å². The fourth-order valence-electron chi connectivity index (χ4n) is 0.660. The molecule has 0 aromatic carbocycles. The summed E-state index contributed by atoms with van der Waals surface area (Å²) in [6.07, 6.45) is 0.407. The zero-order valence-electron chi connectivity index (χ0n) is 7.45. The van der Waals surface area contributed by atoms with Crippen LogP contribution in [0.1, 0.15) is 33.6 Å². The van der Waals surface area contributed by atoms with Crippen LogP contribution in [0.2, 0.25) is 0 Å². The summed E-state index contributed by atoms with van der Waals surface area (Å²) in [5.74, 6) is -2.67. The summed E-state index contributed by atoms with van der Waals surface area (Å²) in [5.41, 5.74) is 4.86. The van der Waals surface area contributed by atoms with Crippen LogP contribution in [0.4, 0.5) is 8.78 Å². The highest BCUT2D eigenvalue weighted by molar-refractivity contribution is 4.71. The van der Waals surface area contributed by atoms with Gasteiger partial charge in [-0.3, -0.25) is 0 Å². The van der Waals surface area contributed by atoms with Crippen LogP contribution in [0, 0.1) is 5.41 Å². The molecular formula is C8H17F2N. The second-order valence-corrected chi connectivity index (χ2v) is 4.12. The smallest absolute Gasteiger partial charge is 0.260 e. The van der Waals surface area contributed by atoms with E-state index in [1.807, 2.05) is 20.8 Å². The third-order valence-corrected chi connectivity index (χ3v) is 1.54. The van der Waals surface area contributed by atoms with Crippen molar-refractivity contribution in [3.63, 3.8) is 0 Å². The van der Waals surface area contributed by atoms with Gasteiger partial charge in [-0.2, -0.15) is 0 Å². The number of alkyl halides is 2. The first-order chi connectivity index (χ1) is 4.77.